The van der Waals surface area contributed by atoms with Gasteiger partial charge in [0, 0.05) is 10.6 Å². The van der Waals surface area contributed by atoms with Gasteiger partial charge in [-0.05, 0) is 43.2 Å². The first-order valence-electron chi connectivity index (χ1n) is 9.15. The van der Waals surface area contributed by atoms with Crippen LogP contribution in [0.3, 0.4) is 0 Å². The van der Waals surface area contributed by atoms with Gasteiger partial charge < -0.3 is 14.3 Å². The first-order chi connectivity index (χ1) is 14.1. The van der Waals surface area contributed by atoms with Gasteiger partial charge in [0.15, 0.2) is 5.76 Å². The highest BCUT2D eigenvalue weighted by Crippen LogP contribution is 2.38. The van der Waals surface area contributed by atoms with E-state index in [9.17, 15) is 9.18 Å². The van der Waals surface area contributed by atoms with Crippen LogP contribution in [-0.2, 0) is 0 Å². The lowest BCUT2D eigenvalue weighted by Crippen LogP contribution is -2.31. The van der Waals surface area contributed by atoms with Crippen LogP contribution in [0.4, 0.5) is 4.39 Å². The third-order valence-electron chi connectivity index (χ3n) is 4.97. The molecule has 4 aromatic rings. The predicted molar refractivity (Wildman–Crippen MR) is 106 cm³/mol. The van der Waals surface area contributed by atoms with Crippen LogP contribution in [-0.4, -0.2) is 21.8 Å². The van der Waals surface area contributed by atoms with Crippen LogP contribution in [0.2, 0.25) is 0 Å². The molecule has 0 saturated heterocycles. The summed E-state index contributed by atoms with van der Waals surface area (Å²) in [4.78, 5) is 18.3. The minimum absolute atomic E-state index is 0.257. The van der Waals surface area contributed by atoms with Gasteiger partial charge in [0.2, 0.25) is 0 Å². The number of halogens is 1. The summed E-state index contributed by atoms with van der Waals surface area (Å²) in [5, 5.41) is 7.57. The van der Waals surface area contributed by atoms with Crippen molar-refractivity contribution < 1.29 is 18.1 Å². The number of nitrogens with zero attached hydrogens (tertiary/aromatic N) is 2. The van der Waals surface area contributed by atoms with Crippen LogP contribution in [0.15, 0.2) is 56.5 Å². The Labute approximate surface area is 169 Å². The van der Waals surface area contributed by atoms with Gasteiger partial charge in [-0.15, -0.1) is 11.8 Å². The molecule has 1 atom stereocenters. The molecule has 0 bridgehead atoms. The van der Waals surface area contributed by atoms with Crippen molar-refractivity contribution in [2.24, 2.45) is 0 Å². The molecule has 8 heteroatoms. The maximum Gasteiger partial charge on any atom is 0.259 e. The van der Waals surface area contributed by atoms with Gasteiger partial charge >= 0.3 is 0 Å². The summed E-state index contributed by atoms with van der Waals surface area (Å²) < 4.78 is 24.9. The lowest BCUT2D eigenvalue weighted by Gasteiger charge is -2.26. The molecule has 0 spiro atoms. The Morgan fingerprint density at radius 3 is 3.03 bits per heavy atom. The minimum atomic E-state index is -0.288. The number of carbonyl (C=O) groups excluding carboxylic acids is 1. The van der Waals surface area contributed by atoms with Crippen LogP contribution in [0.25, 0.3) is 22.6 Å². The molecular formula is C21H16FN3O3S. The topological polar surface area (TPSA) is 81.2 Å². The number of fused-ring (bicyclic) bond motifs is 2. The van der Waals surface area contributed by atoms with Crippen molar-refractivity contribution in [3.8, 4) is 11.5 Å². The molecule has 6 nitrogen and oxygen atoms in total. The van der Waals surface area contributed by atoms with E-state index in [0.29, 0.717) is 33.0 Å². The van der Waals surface area contributed by atoms with Crippen molar-refractivity contribution >= 4 is 28.8 Å². The summed E-state index contributed by atoms with van der Waals surface area (Å²) in [6, 6.07) is 9.88. The van der Waals surface area contributed by atoms with E-state index in [2.05, 4.69) is 15.5 Å². The van der Waals surface area contributed by atoms with Gasteiger partial charge in [0.25, 0.3) is 11.6 Å². The van der Waals surface area contributed by atoms with Crippen LogP contribution in [0, 0.1) is 12.7 Å². The number of aromatic nitrogens is 2. The van der Waals surface area contributed by atoms with Crippen molar-refractivity contribution in [2.45, 2.75) is 24.3 Å². The van der Waals surface area contributed by atoms with Crippen molar-refractivity contribution in [2.75, 3.05) is 5.75 Å². The lowest BCUT2D eigenvalue weighted by atomic mass is 10.0. The quantitative estimate of drug-likeness (QED) is 0.518. The molecule has 0 fully saturated rings. The Balaban J connectivity index is 1.55. The first kappa shape index (κ1) is 17.9. The molecular weight excluding hydrogens is 393 g/mol. The third kappa shape index (κ3) is 3.09. The van der Waals surface area contributed by atoms with Crippen molar-refractivity contribution in [1.29, 1.82) is 0 Å². The van der Waals surface area contributed by atoms with Crippen molar-refractivity contribution in [1.82, 2.24) is 15.5 Å². The van der Waals surface area contributed by atoms with Gasteiger partial charge in [0.05, 0.1) is 28.9 Å². The van der Waals surface area contributed by atoms with E-state index in [1.807, 2.05) is 6.07 Å². The molecule has 1 aromatic carbocycles. The predicted octanol–water partition coefficient (Wildman–Crippen LogP) is 4.90. The number of hydrogen-bond donors (Lipinski definition) is 1. The molecule has 1 unspecified atom stereocenters. The summed E-state index contributed by atoms with van der Waals surface area (Å²) in [6.07, 6.45) is 2.26. The zero-order chi connectivity index (χ0) is 20.0. The third-order valence-corrected chi connectivity index (χ3v) is 6.13. The molecule has 0 radical (unpaired) electrons. The van der Waals surface area contributed by atoms with Gasteiger partial charge in [-0.1, -0.05) is 17.3 Å². The normalized spacial score (nSPS) is 16.0. The fourth-order valence-corrected chi connectivity index (χ4v) is 4.74. The van der Waals surface area contributed by atoms with E-state index in [-0.39, 0.29) is 23.5 Å². The lowest BCUT2D eigenvalue weighted by molar-refractivity contribution is 0.0936. The number of benzene rings is 1. The number of carbonyl (C=O) groups is 1. The highest BCUT2D eigenvalue weighted by atomic mass is 32.2. The molecule has 4 heterocycles. The van der Waals surface area contributed by atoms with E-state index in [1.165, 1.54) is 24.1 Å². The second-order valence-corrected chi connectivity index (χ2v) is 7.91. The van der Waals surface area contributed by atoms with E-state index in [4.69, 9.17) is 8.94 Å². The average Bonchev–Trinajstić information content (AvgIpc) is 3.39. The highest BCUT2D eigenvalue weighted by Gasteiger charge is 2.27. The van der Waals surface area contributed by atoms with E-state index in [1.54, 1.807) is 31.2 Å². The van der Waals surface area contributed by atoms with Gasteiger partial charge in [-0.2, -0.15) is 0 Å². The Bertz CT molecular complexity index is 1220. The SMILES string of the molecule is Cc1noc2nc(-c3ccco3)cc(C(=O)NC3CCSc4c(F)cccc43)c12. The molecule has 0 aliphatic carbocycles. The molecule has 1 amide bonds. The zero-order valence-corrected chi connectivity index (χ0v) is 16.3. The van der Waals surface area contributed by atoms with Crippen LogP contribution in [0.1, 0.15) is 34.1 Å². The van der Waals surface area contributed by atoms with Crippen LogP contribution in [0.5, 0.6) is 0 Å². The number of rotatable bonds is 3. The van der Waals surface area contributed by atoms with Crippen LogP contribution < -0.4 is 5.32 Å². The fraction of sp³-hybridized carbons (Fsp3) is 0.190. The second kappa shape index (κ2) is 7.04. The molecule has 1 N–H and O–H groups in total. The fourth-order valence-electron chi connectivity index (χ4n) is 3.60. The smallest absolute Gasteiger partial charge is 0.259 e. The number of nitrogens with one attached hydrogen (secondary N) is 1. The Morgan fingerprint density at radius 1 is 1.31 bits per heavy atom. The monoisotopic (exact) mass is 409 g/mol. The Morgan fingerprint density at radius 2 is 2.21 bits per heavy atom. The average molecular weight is 409 g/mol. The second-order valence-electron chi connectivity index (χ2n) is 6.80. The van der Waals surface area contributed by atoms with Gasteiger partial charge in [-0.25, -0.2) is 9.37 Å². The van der Waals surface area contributed by atoms with Gasteiger partial charge in [-0.3, -0.25) is 4.79 Å². The number of aryl methyl sites for hydroxylation is 1. The van der Waals surface area contributed by atoms with E-state index >= 15 is 0 Å². The molecule has 5 rings (SSSR count). The summed E-state index contributed by atoms with van der Waals surface area (Å²) in [6.45, 7) is 1.76. The summed E-state index contributed by atoms with van der Waals surface area (Å²) in [5.41, 5.74) is 2.53. The number of furan rings is 1. The molecule has 1 aliphatic heterocycles. The molecule has 3 aromatic heterocycles. The zero-order valence-electron chi connectivity index (χ0n) is 15.4. The van der Waals surface area contributed by atoms with Crippen LogP contribution >= 0.6 is 11.8 Å². The molecule has 1 aliphatic rings. The first-order valence-corrected chi connectivity index (χ1v) is 10.1. The summed E-state index contributed by atoms with van der Waals surface area (Å²) >= 11 is 1.48. The van der Waals surface area contributed by atoms with Crippen molar-refractivity contribution in [3.63, 3.8) is 0 Å². The molecule has 0 saturated carbocycles. The highest BCUT2D eigenvalue weighted by molar-refractivity contribution is 7.99. The summed E-state index contributed by atoms with van der Waals surface area (Å²) in [7, 11) is 0. The minimum Gasteiger partial charge on any atom is -0.463 e. The maximum absolute atomic E-state index is 14.2. The summed E-state index contributed by atoms with van der Waals surface area (Å²) in [5.74, 6) is 0.710. The molecule has 146 valence electrons. The maximum atomic E-state index is 14.2. The van der Waals surface area contributed by atoms with Crippen molar-refractivity contribution in [3.05, 3.63) is 65.3 Å². The van der Waals surface area contributed by atoms with Gasteiger partial charge in [0.1, 0.15) is 11.5 Å². The molecule has 29 heavy (non-hydrogen) atoms. The number of thioether (sulfide) groups is 1. The Kier molecular flexibility index (Phi) is 4.35. The number of pyridine rings is 1. The van der Waals surface area contributed by atoms with E-state index in [0.717, 1.165) is 17.7 Å². The largest absolute Gasteiger partial charge is 0.463 e. The number of amides is 1. The van der Waals surface area contributed by atoms with E-state index < -0.39 is 0 Å². The Hall–Kier alpha value is -3.13. The number of hydrogen-bond acceptors (Lipinski definition) is 6. The standard InChI is InChI=1S/C21H16FN3O3S/c1-11-18-13(10-16(17-6-3-8-27-17)24-21(18)28-25-11)20(26)23-15-7-9-29-19-12(15)4-2-5-14(19)22/h2-6,8,10,15H,7,9H2,1H3,(H,23,26).